The van der Waals surface area contributed by atoms with Crippen LogP contribution in [0.3, 0.4) is 0 Å². The van der Waals surface area contributed by atoms with Gasteiger partial charge in [-0.15, -0.1) is 0 Å². The number of sulfone groups is 1. The number of H-pyrrole nitrogens is 1. The molecule has 0 aliphatic carbocycles. The van der Waals surface area contributed by atoms with Crippen molar-refractivity contribution in [3.05, 3.63) is 74.5 Å². The molecule has 0 atom stereocenters. The molecule has 7 heteroatoms. The van der Waals surface area contributed by atoms with E-state index in [9.17, 15) is 13.2 Å². The number of aromatic nitrogens is 1. The van der Waals surface area contributed by atoms with E-state index in [0.717, 1.165) is 0 Å². The van der Waals surface area contributed by atoms with E-state index in [0.29, 0.717) is 21.4 Å². The monoisotopic (exact) mass is 367 g/mol. The molecule has 0 amide bonds. The molecule has 0 saturated heterocycles. The fourth-order valence-electron chi connectivity index (χ4n) is 2.34. The smallest absolute Gasteiger partial charge is 0.268 e. The highest BCUT2D eigenvalue weighted by atomic mass is 35.5. The molecular formula is C16H11Cl2NO3S. The second kappa shape index (κ2) is 6.00. The predicted molar refractivity (Wildman–Crippen MR) is 91.9 cm³/mol. The highest BCUT2D eigenvalue weighted by Gasteiger charge is 2.21. The van der Waals surface area contributed by atoms with Gasteiger partial charge in [0.1, 0.15) is 10.0 Å². The average Bonchev–Trinajstić information content (AvgIpc) is 2.53. The third-order valence-electron chi connectivity index (χ3n) is 3.42. The van der Waals surface area contributed by atoms with Crippen molar-refractivity contribution in [2.24, 2.45) is 0 Å². The van der Waals surface area contributed by atoms with Gasteiger partial charge < -0.3 is 4.98 Å². The number of hydrogen-bond donors (Lipinski definition) is 1. The Kier molecular flexibility index (Phi) is 4.19. The van der Waals surface area contributed by atoms with E-state index >= 15 is 0 Å². The van der Waals surface area contributed by atoms with Gasteiger partial charge in [-0.3, -0.25) is 4.79 Å². The highest BCUT2D eigenvalue weighted by Crippen LogP contribution is 2.26. The van der Waals surface area contributed by atoms with E-state index in [2.05, 4.69) is 4.98 Å². The summed E-state index contributed by atoms with van der Waals surface area (Å²) in [6, 6.07) is 13.1. The van der Waals surface area contributed by atoms with Crippen molar-refractivity contribution in [1.82, 2.24) is 4.98 Å². The van der Waals surface area contributed by atoms with Gasteiger partial charge in [-0.05, 0) is 17.7 Å². The molecule has 4 nitrogen and oxygen atoms in total. The van der Waals surface area contributed by atoms with Crippen LogP contribution in [0.2, 0.25) is 10.0 Å². The van der Waals surface area contributed by atoms with E-state index in [-0.39, 0.29) is 15.8 Å². The fourth-order valence-corrected chi connectivity index (χ4v) is 4.21. The van der Waals surface area contributed by atoms with Crippen LogP contribution in [-0.2, 0) is 15.6 Å². The Balaban J connectivity index is 2.17. The molecule has 23 heavy (non-hydrogen) atoms. The van der Waals surface area contributed by atoms with Gasteiger partial charge in [0.05, 0.1) is 5.75 Å². The molecule has 0 saturated carbocycles. The van der Waals surface area contributed by atoms with Gasteiger partial charge in [0.2, 0.25) is 0 Å². The lowest BCUT2D eigenvalue weighted by Gasteiger charge is -2.09. The Bertz CT molecular complexity index is 1040. The lowest BCUT2D eigenvalue weighted by molar-refractivity contribution is 0.592. The van der Waals surface area contributed by atoms with Crippen molar-refractivity contribution in [2.45, 2.75) is 10.8 Å². The van der Waals surface area contributed by atoms with Gasteiger partial charge in [-0.2, -0.15) is 0 Å². The molecule has 118 valence electrons. The van der Waals surface area contributed by atoms with Gasteiger partial charge in [0.15, 0.2) is 9.84 Å². The van der Waals surface area contributed by atoms with Crippen molar-refractivity contribution in [3.8, 4) is 0 Å². The molecule has 1 N–H and O–H groups in total. The molecule has 2 aromatic carbocycles. The zero-order valence-corrected chi connectivity index (χ0v) is 14.0. The first kappa shape index (κ1) is 16.1. The molecular weight excluding hydrogens is 357 g/mol. The van der Waals surface area contributed by atoms with Gasteiger partial charge in [0.25, 0.3) is 5.56 Å². The van der Waals surface area contributed by atoms with E-state index in [1.54, 1.807) is 48.5 Å². The van der Waals surface area contributed by atoms with Gasteiger partial charge >= 0.3 is 0 Å². The minimum absolute atomic E-state index is 0.0222. The van der Waals surface area contributed by atoms with Crippen molar-refractivity contribution in [2.75, 3.05) is 0 Å². The summed E-state index contributed by atoms with van der Waals surface area (Å²) in [6.45, 7) is 0. The van der Waals surface area contributed by atoms with Crippen LogP contribution in [0.1, 0.15) is 5.56 Å². The maximum atomic E-state index is 12.7. The van der Waals surface area contributed by atoms with Crippen LogP contribution in [-0.4, -0.2) is 13.4 Å². The molecule has 0 fully saturated rings. The second-order valence-electron chi connectivity index (χ2n) is 5.03. The van der Waals surface area contributed by atoms with Crippen LogP contribution in [0.25, 0.3) is 10.8 Å². The topological polar surface area (TPSA) is 67.0 Å². The SMILES string of the molecule is O=c1[nH]c(S(=O)(=O)Cc2ccc(Cl)cc2)c2ccccc2c1Cl. The van der Waals surface area contributed by atoms with Crippen molar-refractivity contribution < 1.29 is 8.42 Å². The number of pyridine rings is 1. The zero-order chi connectivity index (χ0) is 16.6. The maximum Gasteiger partial charge on any atom is 0.268 e. The minimum Gasteiger partial charge on any atom is -0.311 e. The van der Waals surface area contributed by atoms with Gasteiger partial charge in [-0.25, -0.2) is 8.42 Å². The van der Waals surface area contributed by atoms with E-state index in [1.807, 2.05) is 0 Å². The number of benzene rings is 2. The predicted octanol–water partition coefficient (Wildman–Crippen LogP) is 3.81. The molecule has 3 aromatic rings. The zero-order valence-electron chi connectivity index (χ0n) is 11.7. The summed E-state index contributed by atoms with van der Waals surface area (Å²) >= 11 is 11.8. The van der Waals surface area contributed by atoms with Gasteiger partial charge in [0, 0.05) is 15.8 Å². The number of rotatable bonds is 3. The number of hydrogen-bond acceptors (Lipinski definition) is 3. The summed E-state index contributed by atoms with van der Waals surface area (Å²) in [7, 11) is -3.75. The van der Waals surface area contributed by atoms with Crippen LogP contribution in [0.4, 0.5) is 0 Å². The molecule has 0 aliphatic heterocycles. The third kappa shape index (κ3) is 3.13. The van der Waals surface area contributed by atoms with E-state index < -0.39 is 15.4 Å². The average molecular weight is 368 g/mol. The van der Waals surface area contributed by atoms with Gasteiger partial charge in [-0.1, -0.05) is 59.6 Å². The molecule has 1 aromatic heterocycles. The minimum atomic E-state index is -3.75. The van der Waals surface area contributed by atoms with Crippen LogP contribution in [0, 0.1) is 0 Å². The van der Waals surface area contributed by atoms with E-state index in [4.69, 9.17) is 23.2 Å². The normalized spacial score (nSPS) is 11.7. The van der Waals surface area contributed by atoms with Crippen LogP contribution >= 0.6 is 23.2 Å². The maximum absolute atomic E-state index is 12.7. The van der Waals surface area contributed by atoms with Crippen LogP contribution < -0.4 is 5.56 Å². The summed E-state index contributed by atoms with van der Waals surface area (Å²) in [5, 5.41) is 1.18. The lowest BCUT2D eigenvalue weighted by Crippen LogP contribution is -2.16. The lowest BCUT2D eigenvalue weighted by atomic mass is 10.2. The van der Waals surface area contributed by atoms with Crippen molar-refractivity contribution in [3.63, 3.8) is 0 Å². The van der Waals surface area contributed by atoms with Crippen LogP contribution in [0.5, 0.6) is 0 Å². The summed E-state index contributed by atoms with van der Waals surface area (Å²) < 4.78 is 25.4. The van der Waals surface area contributed by atoms with Crippen molar-refractivity contribution >= 4 is 43.8 Å². The Hall–Kier alpha value is -1.82. The first-order valence-electron chi connectivity index (χ1n) is 6.66. The molecule has 0 aliphatic rings. The quantitative estimate of drug-likeness (QED) is 0.765. The molecule has 0 bridgehead atoms. The molecule has 0 radical (unpaired) electrons. The molecule has 1 heterocycles. The van der Waals surface area contributed by atoms with Crippen molar-refractivity contribution in [1.29, 1.82) is 0 Å². The second-order valence-corrected chi connectivity index (χ2v) is 7.77. The Morgan fingerprint density at radius 2 is 1.52 bits per heavy atom. The molecule has 0 unspecified atom stereocenters. The Labute approximate surface area is 142 Å². The summed E-state index contributed by atoms with van der Waals surface area (Å²) in [5.74, 6) is -0.244. The Morgan fingerprint density at radius 1 is 0.913 bits per heavy atom. The Morgan fingerprint density at radius 3 is 2.17 bits per heavy atom. The highest BCUT2D eigenvalue weighted by molar-refractivity contribution is 7.90. The summed E-state index contributed by atoms with van der Waals surface area (Å²) in [6.07, 6.45) is 0. The summed E-state index contributed by atoms with van der Waals surface area (Å²) in [4.78, 5) is 14.3. The standard InChI is InChI=1S/C16H11Cl2NO3S/c17-11-7-5-10(6-8-11)9-23(21,22)16-13-4-2-1-3-12(13)14(18)15(20)19-16/h1-8H,9H2,(H,19,20). The molecule has 3 rings (SSSR count). The third-order valence-corrected chi connectivity index (χ3v) is 5.70. The first-order valence-corrected chi connectivity index (χ1v) is 9.07. The van der Waals surface area contributed by atoms with Crippen LogP contribution in [0.15, 0.2) is 58.4 Å². The number of aromatic amines is 1. The number of nitrogens with one attached hydrogen (secondary N) is 1. The molecule has 0 spiro atoms. The fraction of sp³-hybridized carbons (Fsp3) is 0.0625. The number of fused-ring (bicyclic) bond motifs is 1. The summed E-state index contributed by atoms with van der Waals surface area (Å²) in [5.41, 5.74) is -0.0469. The first-order chi connectivity index (χ1) is 10.9. The number of halogens is 2. The largest absolute Gasteiger partial charge is 0.311 e. The van der Waals surface area contributed by atoms with E-state index in [1.165, 1.54) is 0 Å².